The molecule has 0 aliphatic carbocycles. The fourth-order valence-corrected chi connectivity index (χ4v) is 2.52. The van der Waals surface area contributed by atoms with Crippen LogP contribution in [0.15, 0.2) is 6.20 Å². The number of rotatable bonds is 5. The molecule has 1 aromatic heterocycles. The molecule has 1 saturated heterocycles. The fraction of sp³-hybridized carbons (Fsp3) is 0.800. The lowest BCUT2D eigenvalue weighted by Crippen LogP contribution is -2.41. The summed E-state index contributed by atoms with van der Waals surface area (Å²) in [5.41, 5.74) is 0.000586. The van der Waals surface area contributed by atoms with E-state index in [1.54, 1.807) is 18.7 Å². The van der Waals surface area contributed by atoms with Gasteiger partial charge in [-0.05, 0) is 41.5 Å². The molecule has 1 fully saturated rings. The average molecular weight is 310 g/mol. The summed E-state index contributed by atoms with van der Waals surface area (Å²) < 4.78 is 18.9. The maximum absolute atomic E-state index is 10.3. The standard InChI is InChI=1S/C15H27BN2O4/c1-11-12(16-21-13(2,3)14(4,5)22-16)8-18(17-11)9-15(6,19)10-20-7/h8,19H,9-10H2,1-7H3. The molecule has 124 valence electrons. The topological polar surface area (TPSA) is 65.7 Å². The molecule has 1 aliphatic rings. The Bertz CT molecular complexity index is 524. The number of nitrogens with zero attached hydrogens (tertiary/aromatic N) is 2. The number of aliphatic hydroxyl groups is 1. The molecule has 1 N–H and O–H groups in total. The van der Waals surface area contributed by atoms with Crippen molar-refractivity contribution in [2.24, 2.45) is 0 Å². The Morgan fingerprint density at radius 1 is 1.32 bits per heavy atom. The van der Waals surface area contributed by atoms with Gasteiger partial charge < -0.3 is 19.2 Å². The van der Waals surface area contributed by atoms with Crippen LogP contribution in [-0.2, 0) is 20.6 Å². The average Bonchev–Trinajstić information content (AvgIpc) is 2.76. The minimum Gasteiger partial charge on any atom is -0.399 e. The fourth-order valence-electron chi connectivity index (χ4n) is 2.52. The molecular formula is C15H27BN2O4. The van der Waals surface area contributed by atoms with Gasteiger partial charge in [-0.3, -0.25) is 4.68 Å². The van der Waals surface area contributed by atoms with E-state index in [1.165, 1.54) is 0 Å². The molecule has 0 saturated carbocycles. The second kappa shape index (κ2) is 5.63. The Balaban J connectivity index is 2.18. The van der Waals surface area contributed by atoms with Gasteiger partial charge in [-0.15, -0.1) is 0 Å². The molecule has 1 atom stereocenters. The number of aromatic nitrogens is 2. The first-order valence-electron chi connectivity index (χ1n) is 7.58. The molecule has 6 nitrogen and oxygen atoms in total. The highest BCUT2D eigenvalue weighted by molar-refractivity contribution is 6.62. The highest BCUT2D eigenvalue weighted by Crippen LogP contribution is 2.36. The van der Waals surface area contributed by atoms with Gasteiger partial charge in [0.15, 0.2) is 0 Å². The molecule has 22 heavy (non-hydrogen) atoms. The minimum absolute atomic E-state index is 0.248. The summed E-state index contributed by atoms with van der Waals surface area (Å²) in [6.45, 7) is 12.3. The highest BCUT2D eigenvalue weighted by atomic mass is 16.7. The Hall–Kier alpha value is -0.885. The van der Waals surface area contributed by atoms with E-state index in [-0.39, 0.29) is 17.8 Å². The van der Waals surface area contributed by atoms with Gasteiger partial charge in [0, 0.05) is 18.8 Å². The van der Waals surface area contributed by atoms with E-state index in [2.05, 4.69) is 5.10 Å². The second-order valence-corrected chi connectivity index (χ2v) is 7.39. The van der Waals surface area contributed by atoms with Crippen LogP contribution >= 0.6 is 0 Å². The maximum Gasteiger partial charge on any atom is 0.498 e. The summed E-state index contributed by atoms with van der Waals surface area (Å²) in [7, 11) is 1.13. The first kappa shape index (κ1) is 17.5. The van der Waals surface area contributed by atoms with Crippen LogP contribution in [0.4, 0.5) is 0 Å². The Labute approximate surface area is 132 Å². The van der Waals surface area contributed by atoms with Crippen molar-refractivity contribution in [3.8, 4) is 0 Å². The number of methoxy groups -OCH3 is 1. The molecule has 1 aromatic rings. The van der Waals surface area contributed by atoms with Crippen molar-refractivity contribution in [2.75, 3.05) is 13.7 Å². The van der Waals surface area contributed by atoms with Crippen molar-refractivity contribution in [1.82, 2.24) is 9.78 Å². The SMILES string of the molecule is COCC(C)(O)Cn1cc(B2OC(C)(C)C(C)(C)O2)c(C)n1. The summed E-state index contributed by atoms with van der Waals surface area (Å²) >= 11 is 0. The number of aryl methyl sites for hydroxylation is 1. The largest absolute Gasteiger partial charge is 0.498 e. The van der Waals surface area contributed by atoms with Crippen LogP contribution in [0.3, 0.4) is 0 Å². The van der Waals surface area contributed by atoms with Gasteiger partial charge >= 0.3 is 7.12 Å². The third-order valence-electron chi connectivity index (χ3n) is 4.45. The maximum atomic E-state index is 10.3. The predicted molar refractivity (Wildman–Crippen MR) is 85.2 cm³/mol. The summed E-state index contributed by atoms with van der Waals surface area (Å²) in [5.74, 6) is 0. The van der Waals surface area contributed by atoms with E-state index in [9.17, 15) is 5.11 Å². The number of hydrogen-bond acceptors (Lipinski definition) is 5. The highest BCUT2D eigenvalue weighted by Gasteiger charge is 2.52. The van der Waals surface area contributed by atoms with Crippen molar-refractivity contribution >= 4 is 12.6 Å². The van der Waals surface area contributed by atoms with Crippen LogP contribution in [-0.4, -0.2) is 52.5 Å². The lowest BCUT2D eigenvalue weighted by Gasteiger charge is -2.32. The molecule has 0 aromatic carbocycles. The summed E-state index contributed by atoms with van der Waals surface area (Å²) in [6.07, 6.45) is 1.88. The van der Waals surface area contributed by atoms with Crippen LogP contribution in [0.2, 0.25) is 0 Å². The van der Waals surface area contributed by atoms with Crippen LogP contribution in [0, 0.1) is 6.92 Å². The number of ether oxygens (including phenoxy) is 1. The van der Waals surface area contributed by atoms with E-state index in [0.717, 1.165) is 11.2 Å². The smallest absolute Gasteiger partial charge is 0.399 e. The lowest BCUT2D eigenvalue weighted by atomic mass is 9.79. The van der Waals surface area contributed by atoms with Gasteiger partial charge in [-0.2, -0.15) is 5.10 Å². The van der Waals surface area contributed by atoms with Crippen molar-refractivity contribution in [1.29, 1.82) is 0 Å². The van der Waals surface area contributed by atoms with Crippen LogP contribution < -0.4 is 5.46 Å². The Kier molecular flexibility index (Phi) is 4.47. The van der Waals surface area contributed by atoms with Crippen LogP contribution in [0.1, 0.15) is 40.3 Å². The third kappa shape index (κ3) is 3.37. The molecule has 1 aliphatic heterocycles. The molecule has 7 heteroatoms. The van der Waals surface area contributed by atoms with Crippen molar-refractivity contribution < 1.29 is 19.2 Å². The van der Waals surface area contributed by atoms with Crippen LogP contribution in [0.25, 0.3) is 0 Å². The van der Waals surface area contributed by atoms with Gasteiger partial charge in [-0.25, -0.2) is 0 Å². The zero-order valence-electron chi connectivity index (χ0n) is 14.6. The summed E-state index contributed by atoms with van der Waals surface area (Å²) in [5, 5.41) is 14.7. The molecule has 0 amide bonds. The molecular weight excluding hydrogens is 283 g/mol. The van der Waals surface area contributed by atoms with Crippen molar-refractivity contribution in [3.63, 3.8) is 0 Å². The first-order valence-corrected chi connectivity index (χ1v) is 7.58. The first-order chi connectivity index (χ1) is 9.97. The van der Waals surface area contributed by atoms with Gasteiger partial charge in [0.05, 0.1) is 30.0 Å². The molecule has 1 unspecified atom stereocenters. The van der Waals surface area contributed by atoms with Crippen molar-refractivity contribution in [2.45, 2.75) is 64.9 Å². The van der Waals surface area contributed by atoms with Gasteiger partial charge in [0.1, 0.15) is 5.60 Å². The normalized spacial score (nSPS) is 22.8. The molecule has 0 radical (unpaired) electrons. The van der Waals surface area contributed by atoms with E-state index in [0.29, 0.717) is 6.54 Å². The quantitative estimate of drug-likeness (QED) is 0.818. The molecule has 0 bridgehead atoms. The third-order valence-corrected chi connectivity index (χ3v) is 4.45. The minimum atomic E-state index is -0.972. The van der Waals surface area contributed by atoms with Crippen LogP contribution in [0.5, 0.6) is 0 Å². The zero-order chi connectivity index (χ0) is 16.8. The number of hydrogen-bond donors (Lipinski definition) is 1. The predicted octanol–water partition coefficient (Wildman–Crippen LogP) is 0.888. The molecule has 2 rings (SSSR count). The van der Waals surface area contributed by atoms with E-state index >= 15 is 0 Å². The monoisotopic (exact) mass is 310 g/mol. The van der Waals surface area contributed by atoms with E-state index < -0.39 is 12.7 Å². The lowest BCUT2D eigenvalue weighted by molar-refractivity contribution is -0.0308. The summed E-state index contributed by atoms with van der Waals surface area (Å²) in [6, 6.07) is 0. The molecule has 2 heterocycles. The van der Waals surface area contributed by atoms with E-state index in [1.807, 2.05) is 40.8 Å². The Morgan fingerprint density at radius 3 is 2.36 bits per heavy atom. The van der Waals surface area contributed by atoms with Crippen molar-refractivity contribution in [3.05, 3.63) is 11.9 Å². The molecule has 0 spiro atoms. The Morgan fingerprint density at radius 2 is 1.86 bits per heavy atom. The summed E-state index contributed by atoms with van der Waals surface area (Å²) in [4.78, 5) is 0. The second-order valence-electron chi connectivity index (χ2n) is 7.39. The van der Waals surface area contributed by atoms with E-state index in [4.69, 9.17) is 14.0 Å². The van der Waals surface area contributed by atoms with Gasteiger partial charge in [0.25, 0.3) is 0 Å². The van der Waals surface area contributed by atoms with Gasteiger partial charge in [0.2, 0.25) is 0 Å². The zero-order valence-corrected chi connectivity index (χ0v) is 14.6. The van der Waals surface area contributed by atoms with Gasteiger partial charge in [-0.1, -0.05) is 0 Å².